The van der Waals surface area contributed by atoms with Gasteiger partial charge in [-0.05, 0) is 36.5 Å². The summed E-state index contributed by atoms with van der Waals surface area (Å²) >= 11 is 0. The molecular weight excluding hydrogens is 367 g/mol. The zero-order valence-corrected chi connectivity index (χ0v) is 16.0. The number of fused-ring (bicyclic) bond motifs is 4. The van der Waals surface area contributed by atoms with Gasteiger partial charge in [0.05, 0.1) is 5.69 Å². The van der Waals surface area contributed by atoms with Gasteiger partial charge in [-0.25, -0.2) is 4.98 Å². The Balaban J connectivity index is 1.71. The second-order valence-electron chi connectivity index (χ2n) is 8.43. The summed E-state index contributed by atoms with van der Waals surface area (Å²) in [5.74, 6) is 1.24. The molecule has 7 heteroatoms. The standard InChI is InChI=1S/C21H24F3N3O/c1-13(2)9-26-10-14-6-16(12-26)18-7-15(8-20(28)27(18)11-14)17-4-3-5-19(25-17)21(22,23)24/h3-5,7-8,13-14,16H,6,9-12H2,1-2H3/t14-,16+/m0/s1. The molecule has 0 radical (unpaired) electrons. The number of pyridine rings is 2. The summed E-state index contributed by atoms with van der Waals surface area (Å²) in [5.41, 5.74) is 0.475. The maximum absolute atomic E-state index is 13.0. The Labute approximate surface area is 162 Å². The number of nitrogens with zero attached hydrogens (tertiary/aromatic N) is 3. The van der Waals surface area contributed by atoms with Crippen LogP contribution in [0.5, 0.6) is 0 Å². The summed E-state index contributed by atoms with van der Waals surface area (Å²) in [6.07, 6.45) is -3.49. The molecule has 1 saturated heterocycles. The fraction of sp³-hybridized carbons (Fsp3) is 0.524. The van der Waals surface area contributed by atoms with Crippen LogP contribution < -0.4 is 5.56 Å². The zero-order chi connectivity index (χ0) is 20.1. The second-order valence-corrected chi connectivity index (χ2v) is 8.43. The first-order chi connectivity index (χ1) is 13.2. The van der Waals surface area contributed by atoms with Gasteiger partial charge in [0.25, 0.3) is 5.56 Å². The molecule has 0 aromatic carbocycles. The number of likely N-dealkylation sites (tertiary alicyclic amines) is 1. The van der Waals surface area contributed by atoms with E-state index in [0.29, 0.717) is 23.9 Å². The van der Waals surface area contributed by atoms with Crippen molar-refractivity contribution in [2.45, 2.75) is 38.9 Å². The molecule has 1 fully saturated rings. The lowest BCUT2D eigenvalue weighted by atomic mass is 9.82. The van der Waals surface area contributed by atoms with Gasteiger partial charge < -0.3 is 9.47 Å². The van der Waals surface area contributed by atoms with Crippen molar-refractivity contribution in [1.29, 1.82) is 0 Å². The van der Waals surface area contributed by atoms with E-state index in [1.165, 1.54) is 18.2 Å². The molecule has 28 heavy (non-hydrogen) atoms. The number of hydrogen-bond donors (Lipinski definition) is 0. The molecule has 0 aliphatic carbocycles. The van der Waals surface area contributed by atoms with E-state index < -0.39 is 11.9 Å². The van der Waals surface area contributed by atoms with Gasteiger partial charge >= 0.3 is 6.18 Å². The van der Waals surface area contributed by atoms with Crippen molar-refractivity contribution < 1.29 is 13.2 Å². The predicted octanol–water partition coefficient (Wildman–Crippen LogP) is 4.00. The third-order valence-electron chi connectivity index (χ3n) is 5.59. The highest BCUT2D eigenvalue weighted by Gasteiger charge is 2.35. The zero-order valence-electron chi connectivity index (χ0n) is 16.0. The SMILES string of the molecule is CC(C)CN1C[C@@H]2C[C@H](C1)c1cc(-c3cccc(C(F)(F)F)n3)cc(=O)n1C2. The first-order valence-corrected chi connectivity index (χ1v) is 9.72. The minimum atomic E-state index is -4.51. The second kappa shape index (κ2) is 7.03. The molecule has 2 aliphatic heterocycles. The number of hydrogen-bond acceptors (Lipinski definition) is 3. The van der Waals surface area contributed by atoms with E-state index >= 15 is 0 Å². The molecule has 2 aromatic rings. The van der Waals surface area contributed by atoms with Crippen LogP contribution in [0.25, 0.3) is 11.3 Å². The van der Waals surface area contributed by atoms with E-state index in [1.54, 1.807) is 0 Å². The van der Waals surface area contributed by atoms with Crippen LogP contribution in [-0.2, 0) is 12.7 Å². The summed E-state index contributed by atoms with van der Waals surface area (Å²) in [4.78, 5) is 18.9. The van der Waals surface area contributed by atoms with Gasteiger partial charge in [0, 0.05) is 49.4 Å². The van der Waals surface area contributed by atoms with Gasteiger partial charge in [0.15, 0.2) is 0 Å². The molecule has 4 rings (SSSR count). The van der Waals surface area contributed by atoms with Crippen molar-refractivity contribution in [1.82, 2.24) is 14.5 Å². The topological polar surface area (TPSA) is 38.1 Å². The lowest BCUT2D eigenvalue weighted by Gasteiger charge is -2.43. The largest absolute Gasteiger partial charge is 0.433 e. The number of piperidine rings is 1. The molecule has 0 saturated carbocycles. The normalized spacial score (nSPS) is 22.4. The first-order valence-electron chi connectivity index (χ1n) is 9.72. The molecule has 0 amide bonds. The Kier molecular flexibility index (Phi) is 4.81. The summed E-state index contributed by atoms with van der Waals surface area (Å²) in [6.45, 7) is 7.97. The highest BCUT2D eigenvalue weighted by molar-refractivity contribution is 5.59. The van der Waals surface area contributed by atoms with Gasteiger partial charge in [0.2, 0.25) is 0 Å². The van der Waals surface area contributed by atoms with E-state index in [-0.39, 0.29) is 17.2 Å². The van der Waals surface area contributed by atoms with E-state index in [4.69, 9.17) is 0 Å². The third kappa shape index (κ3) is 3.72. The lowest BCUT2D eigenvalue weighted by molar-refractivity contribution is -0.141. The Bertz CT molecular complexity index is 935. The molecule has 0 N–H and O–H groups in total. The first kappa shape index (κ1) is 19.2. The van der Waals surface area contributed by atoms with Crippen molar-refractivity contribution in [2.75, 3.05) is 19.6 Å². The molecule has 2 atom stereocenters. The number of rotatable bonds is 3. The average molecular weight is 391 g/mol. The number of alkyl halides is 3. The van der Waals surface area contributed by atoms with Gasteiger partial charge in [-0.2, -0.15) is 13.2 Å². The van der Waals surface area contributed by atoms with Gasteiger partial charge in [-0.3, -0.25) is 4.79 Å². The van der Waals surface area contributed by atoms with Gasteiger partial charge in [-0.15, -0.1) is 0 Å². The highest BCUT2D eigenvalue weighted by Crippen LogP contribution is 2.37. The number of aromatic nitrogens is 2. The van der Waals surface area contributed by atoms with Crippen LogP contribution in [0.15, 0.2) is 35.1 Å². The van der Waals surface area contributed by atoms with Crippen molar-refractivity contribution in [3.05, 3.63) is 52.1 Å². The van der Waals surface area contributed by atoms with Crippen molar-refractivity contribution in [3.63, 3.8) is 0 Å². The van der Waals surface area contributed by atoms with Crippen molar-refractivity contribution >= 4 is 0 Å². The maximum Gasteiger partial charge on any atom is 0.433 e. The van der Waals surface area contributed by atoms with Crippen LogP contribution >= 0.6 is 0 Å². The molecule has 4 nitrogen and oxygen atoms in total. The van der Waals surface area contributed by atoms with Crippen LogP contribution in [0.2, 0.25) is 0 Å². The van der Waals surface area contributed by atoms with Crippen molar-refractivity contribution in [2.24, 2.45) is 11.8 Å². The van der Waals surface area contributed by atoms with E-state index in [9.17, 15) is 18.0 Å². The third-order valence-corrected chi connectivity index (χ3v) is 5.59. The average Bonchev–Trinajstić information content (AvgIpc) is 2.61. The minimum absolute atomic E-state index is 0.154. The quantitative estimate of drug-likeness (QED) is 0.794. The molecule has 2 aliphatic rings. The fourth-order valence-corrected chi connectivity index (χ4v) is 4.62. The fourth-order valence-electron chi connectivity index (χ4n) is 4.62. The minimum Gasteiger partial charge on any atom is -0.312 e. The Morgan fingerprint density at radius 2 is 1.96 bits per heavy atom. The van der Waals surface area contributed by atoms with Crippen LogP contribution in [0.4, 0.5) is 13.2 Å². The summed E-state index contributed by atoms with van der Waals surface area (Å²) in [5, 5.41) is 0. The van der Waals surface area contributed by atoms with E-state index in [1.807, 2.05) is 10.6 Å². The Morgan fingerprint density at radius 1 is 1.18 bits per heavy atom. The smallest absolute Gasteiger partial charge is 0.312 e. The Hall–Kier alpha value is -2.15. The number of halogens is 3. The summed E-state index contributed by atoms with van der Waals surface area (Å²) < 4.78 is 40.9. The van der Waals surface area contributed by atoms with Crippen LogP contribution in [0.3, 0.4) is 0 Å². The molecule has 0 unspecified atom stereocenters. The Morgan fingerprint density at radius 3 is 2.68 bits per heavy atom. The van der Waals surface area contributed by atoms with E-state index in [2.05, 4.69) is 23.7 Å². The van der Waals surface area contributed by atoms with Gasteiger partial charge in [0.1, 0.15) is 5.69 Å². The molecule has 0 spiro atoms. The van der Waals surface area contributed by atoms with E-state index in [0.717, 1.165) is 37.8 Å². The molecule has 150 valence electrons. The van der Waals surface area contributed by atoms with Crippen molar-refractivity contribution in [3.8, 4) is 11.3 Å². The summed E-state index contributed by atoms with van der Waals surface area (Å²) in [7, 11) is 0. The summed E-state index contributed by atoms with van der Waals surface area (Å²) in [6, 6.07) is 7.09. The monoisotopic (exact) mass is 391 g/mol. The predicted molar refractivity (Wildman–Crippen MR) is 101 cm³/mol. The van der Waals surface area contributed by atoms with Crippen LogP contribution in [-0.4, -0.2) is 34.1 Å². The lowest BCUT2D eigenvalue weighted by Crippen LogP contribution is -2.48. The molecule has 2 aromatic heterocycles. The molecule has 2 bridgehead atoms. The maximum atomic E-state index is 13.0. The van der Waals surface area contributed by atoms with Crippen LogP contribution in [0, 0.1) is 11.8 Å². The molecular formula is C21H24F3N3O. The highest BCUT2D eigenvalue weighted by atomic mass is 19.4. The van der Waals surface area contributed by atoms with Gasteiger partial charge in [-0.1, -0.05) is 19.9 Å². The molecule has 4 heterocycles. The van der Waals surface area contributed by atoms with Crippen LogP contribution in [0.1, 0.15) is 37.6 Å².